The monoisotopic (exact) mass is 355 g/mol. The van der Waals surface area contributed by atoms with Gasteiger partial charge in [0.15, 0.2) is 0 Å². The third-order valence-corrected chi connectivity index (χ3v) is 4.53. The van der Waals surface area contributed by atoms with Crippen LogP contribution in [-0.4, -0.2) is 21.4 Å². The fourth-order valence-electron chi connectivity index (χ4n) is 2.35. The van der Waals surface area contributed by atoms with Crippen LogP contribution in [0.3, 0.4) is 0 Å². The molecule has 0 aliphatic carbocycles. The number of anilines is 1. The molecule has 3 aromatic rings. The van der Waals surface area contributed by atoms with Crippen LogP contribution in [0.15, 0.2) is 65.6 Å². The maximum Gasteiger partial charge on any atom is 0.226 e. The average Bonchev–Trinajstić information content (AvgIpc) is 2.97. The van der Waals surface area contributed by atoms with Crippen molar-refractivity contribution < 1.29 is 9.18 Å². The molecule has 2 aromatic carbocycles. The van der Waals surface area contributed by atoms with Crippen LogP contribution in [0.5, 0.6) is 0 Å². The van der Waals surface area contributed by atoms with E-state index in [4.69, 9.17) is 0 Å². The van der Waals surface area contributed by atoms with E-state index in [1.807, 2.05) is 43.3 Å². The number of thioether (sulfide) groups is 1. The Kier molecular flexibility index (Phi) is 5.50. The van der Waals surface area contributed by atoms with E-state index in [1.165, 1.54) is 23.9 Å². The van der Waals surface area contributed by atoms with Gasteiger partial charge in [-0.05, 0) is 43.3 Å². The number of nitrogens with one attached hydrogen (secondary N) is 1. The molecule has 1 amide bonds. The molecular formula is C19H18FN3OS. The SMILES string of the molecule is Cc1cc(NC(=O)CCSc2ccc(F)cc2)n(-c2ccccc2)n1. The van der Waals surface area contributed by atoms with Crippen LogP contribution in [0.4, 0.5) is 10.2 Å². The minimum atomic E-state index is -0.258. The second kappa shape index (κ2) is 7.98. The van der Waals surface area contributed by atoms with Crippen LogP contribution < -0.4 is 5.32 Å². The highest BCUT2D eigenvalue weighted by Gasteiger charge is 2.11. The van der Waals surface area contributed by atoms with E-state index in [0.717, 1.165) is 16.3 Å². The molecule has 6 heteroatoms. The van der Waals surface area contributed by atoms with E-state index in [0.29, 0.717) is 18.0 Å². The Morgan fingerprint density at radius 2 is 1.88 bits per heavy atom. The molecule has 0 aliphatic rings. The summed E-state index contributed by atoms with van der Waals surface area (Å²) in [6.45, 7) is 1.89. The number of benzene rings is 2. The molecule has 1 aromatic heterocycles. The quantitative estimate of drug-likeness (QED) is 0.665. The van der Waals surface area contributed by atoms with Gasteiger partial charge < -0.3 is 5.32 Å². The molecule has 0 spiro atoms. The highest BCUT2D eigenvalue weighted by molar-refractivity contribution is 7.99. The predicted octanol–water partition coefficient (Wildman–Crippen LogP) is 4.44. The summed E-state index contributed by atoms with van der Waals surface area (Å²) in [5.41, 5.74) is 1.73. The molecule has 0 saturated carbocycles. The van der Waals surface area contributed by atoms with Crippen LogP contribution in [0, 0.1) is 12.7 Å². The molecule has 1 heterocycles. The summed E-state index contributed by atoms with van der Waals surface area (Å²) < 4.78 is 14.6. The lowest BCUT2D eigenvalue weighted by Gasteiger charge is -2.09. The average molecular weight is 355 g/mol. The predicted molar refractivity (Wildman–Crippen MR) is 98.7 cm³/mol. The van der Waals surface area contributed by atoms with Crippen molar-refractivity contribution in [1.29, 1.82) is 0 Å². The Morgan fingerprint density at radius 3 is 2.60 bits per heavy atom. The summed E-state index contributed by atoms with van der Waals surface area (Å²) in [5.74, 6) is 0.939. The molecule has 3 rings (SSSR count). The Hall–Kier alpha value is -2.60. The topological polar surface area (TPSA) is 46.9 Å². The van der Waals surface area contributed by atoms with Crippen LogP contribution in [-0.2, 0) is 4.79 Å². The lowest BCUT2D eigenvalue weighted by atomic mass is 10.3. The number of carbonyl (C=O) groups excluding carboxylic acids is 1. The maximum absolute atomic E-state index is 12.9. The highest BCUT2D eigenvalue weighted by Crippen LogP contribution is 2.20. The lowest BCUT2D eigenvalue weighted by molar-refractivity contribution is -0.115. The van der Waals surface area contributed by atoms with Crippen LogP contribution in [0.25, 0.3) is 5.69 Å². The van der Waals surface area contributed by atoms with E-state index in [2.05, 4.69) is 10.4 Å². The van der Waals surface area contributed by atoms with Gasteiger partial charge >= 0.3 is 0 Å². The molecule has 0 aliphatic heterocycles. The minimum absolute atomic E-state index is 0.0771. The van der Waals surface area contributed by atoms with E-state index in [1.54, 1.807) is 16.8 Å². The van der Waals surface area contributed by atoms with Gasteiger partial charge in [0, 0.05) is 23.1 Å². The number of amides is 1. The van der Waals surface area contributed by atoms with E-state index < -0.39 is 0 Å². The number of hydrogen-bond donors (Lipinski definition) is 1. The molecule has 0 radical (unpaired) electrons. The number of para-hydroxylation sites is 1. The summed E-state index contributed by atoms with van der Waals surface area (Å²) in [4.78, 5) is 13.2. The molecule has 0 unspecified atom stereocenters. The van der Waals surface area contributed by atoms with Gasteiger partial charge in [-0.3, -0.25) is 4.79 Å². The Balaban J connectivity index is 1.59. The van der Waals surface area contributed by atoms with Gasteiger partial charge in [-0.15, -0.1) is 11.8 Å². The van der Waals surface area contributed by atoms with Gasteiger partial charge in [-0.1, -0.05) is 18.2 Å². The lowest BCUT2D eigenvalue weighted by Crippen LogP contribution is -2.15. The van der Waals surface area contributed by atoms with Crippen molar-refractivity contribution in [3.05, 3.63) is 72.2 Å². The Morgan fingerprint density at radius 1 is 1.16 bits per heavy atom. The molecule has 0 saturated heterocycles. The zero-order valence-corrected chi connectivity index (χ0v) is 14.6. The van der Waals surface area contributed by atoms with Crippen LogP contribution in [0.2, 0.25) is 0 Å². The summed E-state index contributed by atoms with van der Waals surface area (Å²) in [6.07, 6.45) is 0.362. The van der Waals surface area contributed by atoms with Gasteiger partial charge in [0.25, 0.3) is 0 Å². The fraction of sp³-hybridized carbons (Fsp3) is 0.158. The first-order valence-corrected chi connectivity index (χ1v) is 8.91. The molecule has 25 heavy (non-hydrogen) atoms. The number of carbonyl (C=O) groups is 1. The van der Waals surface area contributed by atoms with Crippen molar-refractivity contribution in [3.63, 3.8) is 0 Å². The number of aromatic nitrogens is 2. The standard InChI is InChI=1S/C19H18FN3OS/c1-14-13-18(23(22-14)16-5-3-2-4-6-16)21-19(24)11-12-25-17-9-7-15(20)8-10-17/h2-10,13H,11-12H2,1H3,(H,21,24). The first-order chi connectivity index (χ1) is 12.1. The zero-order valence-electron chi connectivity index (χ0n) is 13.8. The maximum atomic E-state index is 12.9. The van der Waals surface area contributed by atoms with Crippen LogP contribution >= 0.6 is 11.8 Å². The molecule has 0 bridgehead atoms. The normalized spacial score (nSPS) is 10.6. The van der Waals surface area contributed by atoms with Gasteiger partial charge in [0.05, 0.1) is 11.4 Å². The summed E-state index contributed by atoms with van der Waals surface area (Å²) in [5, 5.41) is 7.34. The number of nitrogens with zero attached hydrogens (tertiary/aromatic N) is 2. The molecule has 128 valence electrons. The fourth-order valence-corrected chi connectivity index (χ4v) is 3.20. The minimum Gasteiger partial charge on any atom is -0.311 e. The van der Waals surface area contributed by atoms with E-state index >= 15 is 0 Å². The number of aryl methyl sites for hydroxylation is 1. The first-order valence-electron chi connectivity index (χ1n) is 7.92. The Bertz CT molecular complexity index is 847. The van der Waals surface area contributed by atoms with Crippen molar-refractivity contribution in [2.75, 3.05) is 11.1 Å². The first kappa shape index (κ1) is 17.2. The zero-order chi connectivity index (χ0) is 17.6. The van der Waals surface area contributed by atoms with Crippen molar-refractivity contribution in [2.45, 2.75) is 18.2 Å². The summed E-state index contributed by atoms with van der Waals surface area (Å²) >= 11 is 1.52. The molecule has 0 fully saturated rings. The summed E-state index contributed by atoms with van der Waals surface area (Å²) in [7, 11) is 0. The van der Waals surface area contributed by atoms with Crippen molar-refractivity contribution >= 4 is 23.5 Å². The van der Waals surface area contributed by atoms with Crippen molar-refractivity contribution in [2.24, 2.45) is 0 Å². The second-order valence-electron chi connectivity index (χ2n) is 5.52. The number of rotatable bonds is 6. The van der Waals surface area contributed by atoms with Gasteiger partial charge in [0.2, 0.25) is 5.91 Å². The smallest absolute Gasteiger partial charge is 0.226 e. The molecule has 4 nitrogen and oxygen atoms in total. The van der Waals surface area contributed by atoms with Crippen molar-refractivity contribution in [1.82, 2.24) is 9.78 Å². The highest BCUT2D eigenvalue weighted by atomic mass is 32.2. The van der Waals surface area contributed by atoms with Gasteiger partial charge in [0.1, 0.15) is 11.6 Å². The third kappa shape index (κ3) is 4.70. The van der Waals surface area contributed by atoms with Gasteiger partial charge in [-0.2, -0.15) is 5.10 Å². The summed E-state index contributed by atoms with van der Waals surface area (Å²) in [6, 6.07) is 17.8. The molecule has 0 atom stereocenters. The Labute approximate surface area is 150 Å². The second-order valence-corrected chi connectivity index (χ2v) is 6.69. The molecule has 1 N–H and O–H groups in total. The van der Waals surface area contributed by atoms with E-state index in [-0.39, 0.29) is 11.7 Å². The largest absolute Gasteiger partial charge is 0.311 e. The van der Waals surface area contributed by atoms with Crippen molar-refractivity contribution in [3.8, 4) is 5.69 Å². The van der Waals surface area contributed by atoms with Gasteiger partial charge in [-0.25, -0.2) is 9.07 Å². The van der Waals surface area contributed by atoms with E-state index in [9.17, 15) is 9.18 Å². The van der Waals surface area contributed by atoms with Crippen LogP contribution in [0.1, 0.15) is 12.1 Å². The number of hydrogen-bond acceptors (Lipinski definition) is 3. The molecular weight excluding hydrogens is 337 g/mol. The number of halogens is 1. The third-order valence-electron chi connectivity index (χ3n) is 3.51.